The Morgan fingerprint density at radius 1 is 0.969 bits per heavy atom. The summed E-state index contributed by atoms with van der Waals surface area (Å²) in [4.78, 5) is 40.9. The summed E-state index contributed by atoms with van der Waals surface area (Å²) in [6, 6.07) is 10.7. The molecule has 0 bridgehead atoms. The number of ether oxygens (including phenoxy) is 1. The molecule has 0 saturated carbocycles. The molecule has 1 atom stereocenters. The second kappa shape index (κ2) is 10.9. The minimum atomic E-state index is -0.756. The molecule has 3 amide bonds. The van der Waals surface area contributed by atoms with E-state index in [0.29, 0.717) is 37.0 Å². The Balaban J connectivity index is 1.46. The molecule has 1 aliphatic heterocycles. The highest BCUT2D eigenvalue weighted by molar-refractivity contribution is 6.43. The van der Waals surface area contributed by atoms with Gasteiger partial charge in [-0.05, 0) is 43.3 Å². The van der Waals surface area contributed by atoms with Gasteiger partial charge in [0.15, 0.2) is 6.61 Å². The van der Waals surface area contributed by atoms with Crippen molar-refractivity contribution < 1.29 is 19.1 Å². The van der Waals surface area contributed by atoms with Crippen molar-refractivity contribution in [2.75, 3.05) is 32.8 Å². The molecule has 0 aromatic heterocycles. The predicted octanol–water partition coefficient (Wildman–Crippen LogP) is 3.51. The molecule has 2 aromatic rings. The summed E-state index contributed by atoms with van der Waals surface area (Å²) in [5.41, 5.74) is 0.204. The second-order valence-corrected chi connectivity index (χ2v) is 8.47. The topological polar surface area (TPSA) is 79.0 Å². The Morgan fingerprint density at radius 2 is 1.59 bits per heavy atom. The van der Waals surface area contributed by atoms with Crippen LogP contribution >= 0.6 is 34.8 Å². The monoisotopic (exact) mass is 497 g/mol. The van der Waals surface area contributed by atoms with E-state index in [9.17, 15) is 14.4 Å². The zero-order valence-corrected chi connectivity index (χ0v) is 19.6. The third-order valence-corrected chi connectivity index (χ3v) is 6.11. The van der Waals surface area contributed by atoms with Crippen molar-refractivity contribution in [1.82, 2.24) is 15.1 Å². The lowest BCUT2D eigenvalue weighted by molar-refractivity contribution is -0.141. The Bertz CT molecular complexity index is 992. The maximum Gasteiger partial charge on any atom is 0.260 e. The summed E-state index contributed by atoms with van der Waals surface area (Å²) >= 11 is 17.9. The van der Waals surface area contributed by atoms with Crippen molar-refractivity contribution in [3.8, 4) is 5.75 Å². The van der Waals surface area contributed by atoms with Crippen molar-refractivity contribution in [2.45, 2.75) is 13.0 Å². The van der Waals surface area contributed by atoms with Crippen LogP contribution in [0.15, 0.2) is 42.5 Å². The molecule has 170 valence electrons. The van der Waals surface area contributed by atoms with Gasteiger partial charge in [0, 0.05) is 31.2 Å². The van der Waals surface area contributed by atoms with Gasteiger partial charge in [0.05, 0.1) is 15.6 Å². The molecule has 32 heavy (non-hydrogen) atoms. The minimum Gasteiger partial charge on any atom is -0.484 e. The van der Waals surface area contributed by atoms with Crippen molar-refractivity contribution in [1.29, 1.82) is 0 Å². The lowest BCUT2D eigenvalue weighted by atomic mass is 10.2. The van der Waals surface area contributed by atoms with Gasteiger partial charge in [0.2, 0.25) is 5.91 Å². The molecule has 1 heterocycles. The Hall–Kier alpha value is -2.48. The first-order valence-electron chi connectivity index (χ1n) is 9.96. The predicted molar refractivity (Wildman–Crippen MR) is 123 cm³/mol. The Kier molecular flexibility index (Phi) is 8.23. The number of hydrogen-bond acceptors (Lipinski definition) is 4. The van der Waals surface area contributed by atoms with Crippen molar-refractivity contribution in [3.63, 3.8) is 0 Å². The highest BCUT2D eigenvalue weighted by Gasteiger charge is 2.28. The zero-order valence-electron chi connectivity index (χ0n) is 17.3. The summed E-state index contributed by atoms with van der Waals surface area (Å²) < 4.78 is 5.49. The molecule has 1 aliphatic rings. The van der Waals surface area contributed by atoms with Gasteiger partial charge in [-0.1, -0.05) is 40.9 Å². The van der Waals surface area contributed by atoms with Crippen LogP contribution in [0.4, 0.5) is 0 Å². The number of benzene rings is 2. The summed E-state index contributed by atoms with van der Waals surface area (Å²) in [5, 5.41) is 3.64. The van der Waals surface area contributed by atoms with E-state index in [4.69, 9.17) is 39.5 Å². The van der Waals surface area contributed by atoms with Crippen LogP contribution in [0.1, 0.15) is 17.3 Å². The first-order chi connectivity index (χ1) is 15.3. The average molecular weight is 499 g/mol. The fourth-order valence-electron chi connectivity index (χ4n) is 3.23. The van der Waals surface area contributed by atoms with E-state index in [0.717, 1.165) is 0 Å². The van der Waals surface area contributed by atoms with Crippen LogP contribution in [0.3, 0.4) is 0 Å². The van der Waals surface area contributed by atoms with Crippen LogP contribution in [0.25, 0.3) is 0 Å². The third-order valence-electron chi connectivity index (χ3n) is 5.03. The number of nitrogens with zero attached hydrogens (tertiary/aromatic N) is 2. The van der Waals surface area contributed by atoms with Crippen molar-refractivity contribution in [2.24, 2.45) is 0 Å². The second-order valence-electron chi connectivity index (χ2n) is 7.25. The molecule has 2 aromatic carbocycles. The minimum absolute atomic E-state index is 0.0948. The normalized spacial score (nSPS) is 14.6. The van der Waals surface area contributed by atoms with Crippen LogP contribution in [0.2, 0.25) is 15.1 Å². The van der Waals surface area contributed by atoms with E-state index in [1.165, 1.54) is 6.07 Å². The van der Waals surface area contributed by atoms with E-state index >= 15 is 0 Å². The van der Waals surface area contributed by atoms with E-state index in [1.807, 2.05) is 0 Å². The average Bonchev–Trinajstić information content (AvgIpc) is 2.79. The highest BCUT2D eigenvalue weighted by atomic mass is 35.5. The third kappa shape index (κ3) is 6.06. The zero-order chi connectivity index (χ0) is 23.3. The number of carbonyl (C=O) groups excluding carboxylic acids is 3. The molecule has 1 N–H and O–H groups in total. The first-order valence-corrected chi connectivity index (χ1v) is 11.1. The fraction of sp³-hybridized carbons (Fsp3) is 0.318. The van der Waals surface area contributed by atoms with Crippen LogP contribution in [-0.2, 0) is 9.59 Å². The van der Waals surface area contributed by atoms with Crippen LogP contribution in [0, 0.1) is 0 Å². The maximum absolute atomic E-state index is 12.7. The van der Waals surface area contributed by atoms with Gasteiger partial charge in [0.25, 0.3) is 11.8 Å². The summed E-state index contributed by atoms with van der Waals surface area (Å²) in [5.74, 6) is -0.322. The first kappa shape index (κ1) is 24.2. The van der Waals surface area contributed by atoms with Gasteiger partial charge in [-0.25, -0.2) is 0 Å². The summed E-state index contributed by atoms with van der Waals surface area (Å²) in [7, 11) is 0. The fourth-order valence-corrected chi connectivity index (χ4v) is 3.74. The SMILES string of the molecule is CC(NC(=O)c1cccc(Cl)c1Cl)C(=O)N1CCN(C(=O)COc2ccc(Cl)cc2)CC1. The van der Waals surface area contributed by atoms with Gasteiger partial charge in [0.1, 0.15) is 11.8 Å². The smallest absolute Gasteiger partial charge is 0.260 e. The number of amides is 3. The Labute approximate surface area is 201 Å². The number of piperazine rings is 1. The summed E-state index contributed by atoms with van der Waals surface area (Å²) in [6.45, 7) is 3.01. The Morgan fingerprint density at radius 3 is 2.25 bits per heavy atom. The largest absolute Gasteiger partial charge is 0.484 e. The number of hydrogen-bond donors (Lipinski definition) is 1. The molecule has 1 unspecified atom stereocenters. The van der Waals surface area contributed by atoms with Crippen molar-refractivity contribution in [3.05, 3.63) is 63.1 Å². The van der Waals surface area contributed by atoms with E-state index < -0.39 is 11.9 Å². The number of halogens is 3. The molecule has 0 radical (unpaired) electrons. The van der Waals surface area contributed by atoms with E-state index in [-0.39, 0.29) is 34.0 Å². The summed E-state index contributed by atoms with van der Waals surface area (Å²) in [6.07, 6.45) is 0. The quantitative estimate of drug-likeness (QED) is 0.661. The number of carbonyl (C=O) groups is 3. The molecule has 1 fully saturated rings. The van der Waals surface area contributed by atoms with Gasteiger partial charge in [-0.2, -0.15) is 0 Å². The highest BCUT2D eigenvalue weighted by Crippen LogP contribution is 2.25. The molecule has 0 spiro atoms. The van der Waals surface area contributed by atoms with Crippen molar-refractivity contribution >= 4 is 52.5 Å². The van der Waals surface area contributed by atoms with Crippen LogP contribution < -0.4 is 10.1 Å². The molecular weight excluding hydrogens is 477 g/mol. The molecule has 0 aliphatic carbocycles. The van der Waals surface area contributed by atoms with Gasteiger partial charge in [-0.15, -0.1) is 0 Å². The molecular formula is C22H22Cl3N3O4. The molecule has 7 nitrogen and oxygen atoms in total. The van der Waals surface area contributed by atoms with Gasteiger partial charge >= 0.3 is 0 Å². The van der Waals surface area contributed by atoms with E-state index in [2.05, 4.69) is 5.32 Å². The molecule has 10 heteroatoms. The molecule has 3 rings (SSSR count). The standard InChI is InChI=1S/C22H22Cl3N3O4/c1-14(26-21(30)17-3-2-4-18(24)20(17)25)22(31)28-11-9-27(10-12-28)19(29)13-32-16-7-5-15(23)6-8-16/h2-8,14H,9-13H2,1H3,(H,26,30). The maximum atomic E-state index is 12.7. The van der Waals surface area contributed by atoms with Crippen LogP contribution in [0.5, 0.6) is 5.75 Å². The lowest BCUT2D eigenvalue weighted by Crippen LogP contribution is -2.55. The van der Waals surface area contributed by atoms with Gasteiger partial charge < -0.3 is 19.9 Å². The number of rotatable bonds is 6. The van der Waals surface area contributed by atoms with Gasteiger partial charge in [-0.3, -0.25) is 14.4 Å². The van der Waals surface area contributed by atoms with E-state index in [1.54, 1.807) is 53.1 Å². The van der Waals surface area contributed by atoms with Crippen LogP contribution in [-0.4, -0.2) is 66.3 Å². The number of nitrogens with one attached hydrogen (secondary N) is 1. The lowest BCUT2D eigenvalue weighted by Gasteiger charge is -2.36. The molecule has 1 saturated heterocycles.